The zero-order valence-corrected chi connectivity index (χ0v) is 30.6. The van der Waals surface area contributed by atoms with E-state index in [-0.39, 0.29) is 11.9 Å². The van der Waals surface area contributed by atoms with Crippen molar-refractivity contribution >= 4 is 11.9 Å². The molecule has 0 radical (unpaired) electrons. The highest BCUT2D eigenvalue weighted by atomic mass is 17.0. The lowest BCUT2D eigenvalue weighted by Crippen LogP contribution is -2.47. The Hall–Kier alpha value is -1.62. The Labute approximate surface area is 280 Å². The summed E-state index contributed by atoms with van der Waals surface area (Å²) in [6, 6.07) is 0. The summed E-state index contributed by atoms with van der Waals surface area (Å²) in [5.41, 5.74) is 0. The van der Waals surface area contributed by atoms with Crippen molar-refractivity contribution < 1.29 is 24.1 Å². The molecule has 0 bridgehead atoms. The number of unbranched alkanes of at least 4 members (excludes halogenated alkanes) is 22. The molecule has 0 N–H and O–H groups in total. The Morgan fingerprint density at radius 3 is 1.02 bits per heavy atom. The minimum absolute atomic E-state index is 0.280. The van der Waals surface area contributed by atoms with Crippen LogP contribution < -0.4 is 0 Å². The number of rotatable bonds is 34. The first-order valence-corrected chi connectivity index (χ1v) is 19.6. The Morgan fingerprint density at radius 2 is 0.711 bits per heavy atom. The zero-order valence-electron chi connectivity index (χ0n) is 30.6. The minimum atomic E-state index is -0.398. The van der Waals surface area contributed by atoms with Crippen LogP contribution in [0.3, 0.4) is 0 Å². The molecule has 45 heavy (non-hydrogen) atoms. The molecule has 0 aromatic rings. The number of hydroxylamine groups is 4. The number of carbonyl (C=O) groups excluding carboxylic acids is 2. The third-order valence-electron chi connectivity index (χ3n) is 8.51. The number of allylic oxidation sites excluding steroid dienone is 4. The summed E-state index contributed by atoms with van der Waals surface area (Å²) in [5, 5.41) is 0. The van der Waals surface area contributed by atoms with Gasteiger partial charge in [-0.15, -0.1) is 0 Å². The average molecular weight is 635 g/mol. The maximum atomic E-state index is 12.5. The van der Waals surface area contributed by atoms with Gasteiger partial charge in [0, 0.05) is 11.2 Å². The van der Waals surface area contributed by atoms with E-state index < -0.39 is 4.81 Å². The first-order chi connectivity index (χ1) is 22.0. The van der Waals surface area contributed by atoms with Gasteiger partial charge in [-0.1, -0.05) is 148 Å². The van der Waals surface area contributed by atoms with Gasteiger partial charge in [0.1, 0.15) is 0 Å². The normalized spacial score (nSPS) is 13.1. The van der Waals surface area contributed by atoms with E-state index in [2.05, 4.69) is 38.2 Å². The van der Waals surface area contributed by atoms with Crippen molar-refractivity contribution in [2.75, 3.05) is 13.6 Å². The Kier molecular flexibility index (Phi) is 32.5. The highest BCUT2D eigenvalue weighted by Crippen LogP contribution is 2.16. The van der Waals surface area contributed by atoms with Crippen molar-refractivity contribution in [3.63, 3.8) is 0 Å². The van der Waals surface area contributed by atoms with Crippen molar-refractivity contribution in [3.05, 3.63) is 24.3 Å². The molecule has 0 saturated carbocycles. The van der Waals surface area contributed by atoms with Crippen LogP contribution in [-0.2, 0) is 19.3 Å². The number of hydrogen-bond donors (Lipinski definition) is 0. The summed E-state index contributed by atoms with van der Waals surface area (Å²) in [4.78, 5) is 35.9. The summed E-state index contributed by atoms with van der Waals surface area (Å²) < 4.78 is 0. The van der Waals surface area contributed by atoms with E-state index in [0.29, 0.717) is 19.4 Å². The molecule has 5 heteroatoms. The smallest absolute Gasteiger partial charge is 0.245 e. The van der Waals surface area contributed by atoms with Crippen LogP contribution in [0, 0.1) is 0 Å². The molecule has 0 saturated heterocycles. The van der Waals surface area contributed by atoms with Crippen LogP contribution in [-0.4, -0.2) is 30.3 Å². The van der Waals surface area contributed by atoms with Gasteiger partial charge < -0.3 is 0 Å². The van der Waals surface area contributed by atoms with Gasteiger partial charge in [-0.05, 0) is 64.2 Å². The van der Waals surface area contributed by atoms with Gasteiger partial charge in [0.05, 0.1) is 12.8 Å². The molecule has 0 rings (SSSR count). The molecule has 0 spiro atoms. The summed E-state index contributed by atoms with van der Waals surface area (Å²) in [5.74, 6) is -0.560. The molecule has 0 aliphatic rings. The van der Waals surface area contributed by atoms with E-state index in [1.54, 1.807) is 7.05 Å². The van der Waals surface area contributed by atoms with E-state index in [4.69, 9.17) is 9.68 Å². The van der Waals surface area contributed by atoms with E-state index in [9.17, 15) is 9.59 Å². The molecule has 0 aromatic heterocycles. The third-order valence-corrected chi connectivity index (χ3v) is 8.51. The quantitative estimate of drug-likeness (QED) is 0.0306. The first kappa shape index (κ1) is 43.4. The molecule has 0 heterocycles. The van der Waals surface area contributed by atoms with Gasteiger partial charge in [0.2, 0.25) is 0 Å². The lowest BCUT2D eigenvalue weighted by molar-refractivity contribution is -1.21. The summed E-state index contributed by atoms with van der Waals surface area (Å²) in [6.07, 6.45) is 42.8. The van der Waals surface area contributed by atoms with Crippen molar-refractivity contribution in [2.45, 2.75) is 207 Å². The molecule has 0 fully saturated rings. The van der Waals surface area contributed by atoms with Crippen LogP contribution in [0.25, 0.3) is 0 Å². The predicted octanol–water partition coefficient (Wildman–Crippen LogP) is 12.8. The van der Waals surface area contributed by atoms with Crippen LogP contribution in [0.5, 0.6) is 0 Å². The molecular formula is C40H76NO4+. The largest absolute Gasteiger partial charge is 0.372 e. The fourth-order valence-corrected chi connectivity index (χ4v) is 5.72. The molecule has 0 aliphatic carbocycles. The molecule has 0 amide bonds. The van der Waals surface area contributed by atoms with Crippen molar-refractivity contribution in [3.8, 4) is 0 Å². The Bertz CT molecular complexity index is 663. The highest BCUT2D eigenvalue weighted by Gasteiger charge is 2.32. The number of hydrogen-bond acceptors (Lipinski definition) is 4. The SMILES string of the molecule is CCCCCCCCC=CCCCCCCCC(=O)O[N+](C)(CCC)OC(=O)CCCCCCCC=CCCCCCCCC. The molecule has 0 aliphatic heterocycles. The molecule has 0 atom stereocenters. The lowest BCUT2D eigenvalue weighted by atomic mass is 10.1. The fraction of sp³-hybridized carbons (Fsp3) is 0.850. The third kappa shape index (κ3) is 32.1. The molecule has 0 unspecified atom stereocenters. The van der Waals surface area contributed by atoms with Gasteiger partial charge in [0.15, 0.2) is 13.6 Å². The van der Waals surface area contributed by atoms with Crippen LogP contribution in [0.1, 0.15) is 207 Å². The van der Waals surface area contributed by atoms with Gasteiger partial charge in [-0.2, -0.15) is 0 Å². The topological polar surface area (TPSA) is 52.6 Å². The number of nitrogens with zero attached hydrogens (tertiary/aromatic N) is 1. The van der Waals surface area contributed by atoms with Gasteiger partial charge in [-0.25, -0.2) is 19.3 Å². The summed E-state index contributed by atoms with van der Waals surface area (Å²) in [7, 11) is 1.68. The summed E-state index contributed by atoms with van der Waals surface area (Å²) >= 11 is 0. The second-order valence-electron chi connectivity index (χ2n) is 13.3. The van der Waals surface area contributed by atoms with E-state index >= 15 is 0 Å². The summed E-state index contributed by atoms with van der Waals surface area (Å²) in [6.45, 7) is 7.00. The predicted molar refractivity (Wildman–Crippen MR) is 192 cm³/mol. The molecule has 5 nitrogen and oxygen atoms in total. The maximum absolute atomic E-state index is 12.5. The van der Waals surface area contributed by atoms with Crippen molar-refractivity contribution in [2.24, 2.45) is 0 Å². The van der Waals surface area contributed by atoms with Crippen LogP contribution >= 0.6 is 0 Å². The van der Waals surface area contributed by atoms with Crippen LogP contribution in [0.2, 0.25) is 0 Å². The van der Waals surface area contributed by atoms with Gasteiger partial charge in [0.25, 0.3) is 0 Å². The zero-order chi connectivity index (χ0) is 33.1. The van der Waals surface area contributed by atoms with Crippen LogP contribution in [0.4, 0.5) is 0 Å². The molecular weight excluding hydrogens is 558 g/mol. The van der Waals surface area contributed by atoms with Crippen molar-refractivity contribution in [1.29, 1.82) is 0 Å². The standard InChI is InChI=1S/C40H76NO4/c1-5-8-10-12-14-16-18-20-22-24-26-28-30-32-34-36-39(42)44-41(4,38-7-3)45-40(43)37-35-33-31-29-27-25-23-21-19-17-15-13-11-9-6-2/h20-23H,5-19,24-38H2,1-4H3/q+1. The fourth-order valence-electron chi connectivity index (χ4n) is 5.72. The monoisotopic (exact) mass is 635 g/mol. The highest BCUT2D eigenvalue weighted by molar-refractivity contribution is 5.69. The Morgan fingerprint density at radius 1 is 0.422 bits per heavy atom. The van der Waals surface area contributed by atoms with Gasteiger partial charge >= 0.3 is 11.9 Å². The number of quaternary nitrogens is 1. The van der Waals surface area contributed by atoms with Crippen molar-refractivity contribution in [1.82, 2.24) is 0 Å². The van der Waals surface area contributed by atoms with E-state index in [1.165, 1.54) is 116 Å². The Balaban J connectivity index is 3.84. The first-order valence-electron chi connectivity index (χ1n) is 19.6. The minimum Gasteiger partial charge on any atom is -0.245 e. The van der Waals surface area contributed by atoms with E-state index in [0.717, 1.165) is 57.8 Å². The maximum Gasteiger partial charge on any atom is 0.372 e. The second kappa shape index (κ2) is 33.7. The molecule has 264 valence electrons. The average Bonchev–Trinajstić information content (AvgIpc) is 3.01. The number of carbonyl (C=O) groups is 2. The van der Waals surface area contributed by atoms with Crippen LogP contribution in [0.15, 0.2) is 24.3 Å². The van der Waals surface area contributed by atoms with E-state index in [1.807, 2.05) is 6.92 Å². The molecule has 0 aromatic carbocycles. The second-order valence-corrected chi connectivity index (χ2v) is 13.3. The lowest BCUT2D eigenvalue weighted by Gasteiger charge is -2.26. The van der Waals surface area contributed by atoms with Gasteiger partial charge in [-0.3, -0.25) is 0 Å².